The van der Waals surface area contributed by atoms with Gasteiger partial charge in [0.1, 0.15) is 0 Å². The second-order valence-corrected chi connectivity index (χ2v) is 8.27. The smallest absolute Gasteiger partial charge is 0.391 e. The van der Waals surface area contributed by atoms with Gasteiger partial charge in [0, 0.05) is 32.4 Å². The molecule has 0 atom stereocenters. The van der Waals surface area contributed by atoms with E-state index in [-0.39, 0.29) is 24.8 Å². The molecule has 1 saturated carbocycles. The van der Waals surface area contributed by atoms with Gasteiger partial charge in [-0.05, 0) is 37.8 Å². The normalized spacial score (nSPS) is 21.5. The van der Waals surface area contributed by atoms with Crippen LogP contribution in [-0.2, 0) is 13.1 Å². The van der Waals surface area contributed by atoms with E-state index in [0.717, 1.165) is 23.6 Å². The molecule has 0 radical (unpaired) electrons. The zero-order chi connectivity index (χ0) is 22.2. The van der Waals surface area contributed by atoms with Crippen molar-refractivity contribution in [3.63, 3.8) is 0 Å². The fourth-order valence-electron chi connectivity index (χ4n) is 4.48. The lowest BCUT2D eigenvalue weighted by Crippen LogP contribution is -2.41. The van der Waals surface area contributed by atoms with E-state index in [2.05, 4.69) is 25.1 Å². The third kappa shape index (κ3) is 4.42. The molecule has 168 valence electrons. The molecule has 0 bridgehead atoms. The third-order valence-corrected chi connectivity index (χ3v) is 6.31. The minimum absolute atomic E-state index is 0.0399. The van der Waals surface area contributed by atoms with Crippen LogP contribution in [0.3, 0.4) is 0 Å². The summed E-state index contributed by atoms with van der Waals surface area (Å²) in [7, 11) is 1.76. The Morgan fingerprint density at radius 3 is 2.61 bits per heavy atom. The number of hydrogen-bond acceptors (Lipinski definition) is 5. The minimum atomic E-state index is -4.17. The molecule has 4 N–H and O–H groups in total. The van der Waals surface area contributed by atoms with Gasteiger partial charge in [-0.15, -0.1) is 0 Å². The number of hydrogen-bond donors (Lipinski definition) is 3. The van der Waals surface area contributed by atoms with Crippen molar-refractivity contribution in [3.8, 4) is 0 Å². The molecular formula is C21H27F3N6O. The molecule has 1 aromatic carbocycles. The monoisotopic (exact) mass is 436 g/mol. The number of halogens is 3. The lowest BCUT2D eigenvalue weighted by molar-refractivity contribution is -0.182. The lowest BCUT2D eigenvalue weighted by atomic mass is 9.85. The van der Waals surface area contributed by atoms with Gasteiger partial charge >= 0.3 is 6.18 Å². The van der Waals surface area contributed by atoms with E-state index in [1.165, 1.54) is 0 Å². The highest BCUT2D eigenvalue weighted by Gasteiger charge is 2.41. The topological polar surface area (TPSA) is 88.2 Å². The van der Waals surface area contributed by atoms with Gasteiger partial charge in [-0.25, -0.2) is 4.98 Å². The summed E-state index contributed by atoms with van der Waals surface area (Å²) >= 11 is 0. The van der Waals surface area contributed by atoms with Crippen LogP contribution < -0.4 is 21.3 Å². The quantitative estimate of drug-likeness (QED) is 0.640. The third-order valence-electron chi connectivity index (χ3n) is 6.31. The first-order chi connectivity index (χ1) is 14.8. The molecule has 1 amide bonds. The average Bonchev–Trinajstić information content (AvgIpc) is 3.21. The number of rotatable bonds is 4. The number of alkyl halides is 3. The second kappa shape index (κ2) is 8.32. The summed E-state index contributed by atoms with van der Waals surface area (Å²) in [6.07, 6.45) is 0.147. The largest absolute Gasteiger partial charge is 0.397 e. The van der Waals surface area contributed by atoms with E-state index < -0.39 is 12.1 Å². The Bertz CT molecular complexity index is 949. The summed E-state index contributed by atoms with van der Waals surface area (Å²) in [6.45, 7) is 2.05. The predicted molar refractivity (Wildman–Crippen MR) is 113 cm³/mol. The van der Waals surface area contributed by atoms with E-state index in [1.54, 1.807) is 25.6 Å². The number of aromatic nitrogens is 2. The minimum Gasteiger partial charge on any atom is -0.397 e. The number of amides is 1. The molecule has 1 aliphatic carbocycles. The standard InChI is InChI=1S/C21H27F3N6O/c1-26-18-9-19(29-6-7-30-12-27-10-15(30)11-29)16(8-17(18)25)20(31)28-14-4-2-13(3-5-14)21(22,23)24/h8-10,12-14,26H,2-7,11,25H2,1H3,(H,28,31)/t13-,14-. The first-order valence-corrected chi connectivity index (χ1v) is 10.5. The summed E-state index contributed by atoms with van der Waals surface area (Å²) in [5.74, 6) is -1.58. The second-order valence-electron chi connectivity index (χ2n) is 8.27. The summed E-state index contributed by atoms with van der Waals surface area (Å²) in [4.78, 5) is 19.4. The number of nitrogens with zero attached hydrogens (tertiary/aromatic N) is 3. The molecule has 7 nitrogen and oxygen atoms in total. The molecule has 1 aliphatic heterocycles. The van der Waals surface area contributed by atoms with Crippen molar-refractivity contribution >= 4 is 23.0 Å². The highest BCUT2D eigenvalue weighted by molar-refractivity contribution is 6.02. The van der Waals surface area contributed by atoms with Crippen molar-refractivity contribution < 1.29 is 18.0 Å². The molecule has 0 saturated heterocycles. The van der Waals surface area contributed by atoms with Crippen molar-refractivity contribution in [2.24, 2.45) is 5.92 Å². The molecule has 31 heavy (non-hydrogen) atoms. The van der Waals surface area contributed by atoms with E-state index in [0.29, 0.717) is 37.2 Å². The van der Waals surface area contributed by atoms with E-state index >= 15 is 0 Å². The first-order valence-electron chi connectivity index (χ1n) is 10.5. The van der Waals surface area contributed by atoms with Crippen LogP contribution in [0.1, 0.15) is 41.7 Å². The molecule has 2 aromatic rings. The highest BCUT2D eigenvalue weighted by Crippen LogP contribution is 2.38. The van der Waals surface area contributed by atoms with Crippen molar-refractivity contribution in [3.05, 3.63) is 35.9 Å². The predicted octanol–water partition coefficient (Wildman–Crippen LogP) is 3.38. The molecule has 2 aliphatic rings. The van der Waals surface area contributed by atoms with Crippen LogP contribution in [0.4, 0.5) is 30.2 Å². The van der Waals surface area contributed by atoms with Crippen LogP contribution >= 0.6 is 0 Å². The number of nitrogens with two attached hydrogens (primary N) is 1. The molecule has 4 rings (SSSR count). The number of nitrogen functional groups attached to an aromatic ring is 1. The van der Waals surface area contributed by atoms with Gasteiger partial charge in [-0.2, -0.15) is 13.2 Å². The van der Waals surface area contributed by atoms with Crippen LogP contribution in [0.2, 0.25) is 0 Å². The fraction of sp³-hybridized carbons (Fsp3) is 0.524. The number of anilines is 3. The number of carbonyl (C=O) groups excluding carboxylic acids is 1. The van der Waals surface area contributed by atoms with Gasteiger partial charge < -0.3 is 25.8 Å². The van der Waals surface area contributed by atoms with Gasteiger partial charge in [-0.3, -0.25) is 4.79 Å². The van der Waals surface area contributed by atoms with Crippen molar-refractivity contribution in [2.45, 2.75) is 51.0 Å². The van der Waals surface area contributed by atoms with Crippen molar-refractivity contribution in [1.29, 1.82) is 0 Å². The lowest BCUT2D eigenvalue weighted by Gasteiger charge is -2.33. The van der Waals surface area contributed by atoms with Gasteiger partial charge in [0.05, 0.1) is 47.1 Å². The van der Waals surface area contributed by atoms with Crippen LogP contribution in [0.25, 0.3) is 0 Å². The van der Waals surface area contributed by atoms with E-state index in [1.807, 2.05) is 6.07 Å². The average molecular weight is 436 g/mol. The molecule has 1 fully saturated rings. The Balaban J connectivity index is 1.53. The van der Waals surface area contributed by atoms with Gasteiger partial charge in [0.25, 0.3) is 5.91 Å². The SMILES string of the molecule is CNc1cc(N2CCn3cncc3C2)c(C(=O)N[C@H]2CC[C@H](C(F)(F)F)CC2)cc1N. The number of imidazole rings is 1. The number of fused-ring (bicyclic) bond motifs is 1. The van der Waals surface area contributed by atoms with Crippen LogP contribution in [0, 0.1) is 5.92 Å². The maximum atomic E-state index is 13.1. The number of nitrogens with one attached hydrogen (secondary N) is 2. The molecule has 2 heterocycles. The summed E-state index contributed by atoms with van der Waals surface area (Å²) in [5, 5.41) is 5.99. The van der Waals surface area contributed by atoms with Crippen LogP contribution in [0.15, 0.2) is 24.7 Å². The molecular weight excluding hydrogens is 409 g/mol. The Hall–Kier alpha value is -2.91. The summed E-state index contributed by atoms with van der Waals surface area (Å²) < 4.78 is 40.9. The van der Waals surface area contributed by atoms with Gasteiger partial charge in [0.2, 0.25) is 0 Å². The summed E-state index contributed by atoms with van der Waals surface area (Å²) in [6, 6.07) is 3.23. The molecule has 1 aromatic heterocycles. The van der Waals surface area contributed by atoms with Crippen LogP contribution in [0.5, 0.6) is 0 Å². The number of carbonyl (C=O) groups is 1. The fourth-order valence-corrected chi connectivity index (χ4v) is 4.48. The van der Waals surface area contributed by atoms with Gasteiger partial charge in [-0.1, -0.05) is 0 Å². The van der Waals surface area contributed by atoms with Crippen LogP contribution in [-0.4, -0.2) is 41.3 Å². The summed E-state index contributed by atoms with van der Waals surface area (Å²) in [5.41, 5.74) is 9.51. The number of benzene rings is 1. The molecule has 0 unspecified atom stereocenters. The van der Waals surface area contributed by atoms with E-state index in [4.69, 9.17) is 5.73 Å². The zero-order valence-electron chi connectivity index (χ0n) is 17.4. The van der Waals surface area contributed by atoms with E-state index in [9.17, 15) is 18.0 Å². The Morgan fingerprint density at radius 2 is 1.94 bits per heavy atom. The maximum absolute atomic E-state index is 13.1. The first kappa shape index (κ1) is 21.3. The Kier molecular flexibility index (Phi) is 5.72. The molecule has 10 heteroatoms. The van der Waals surface area contributed by atoms with Crippen molar-refractivity contribution in [2.75, 3.05) is 29.5 Å². The highest BCUT2D eigenvalue weighted by atomic mass is 19.4. The zero-order valence-corrected chi connectivity index (χ0v) is 17.4. The van der Waals surface area contributed by atoms with Gasteiger partial charge in [0.15, 0.2) is 0 Å². The van der Waals surface area contributed by atoms with Crippen molar-refractivity contribution in [1.82, 2.24) is 14.9 Å². The Labute approximate surface area is 178 Å². The maximum Gasteiger partial charge on any atom is 0.391 e. The molecule has 0 spiro atoms. The Morgan fingerprint density at radius 1 is 1.19 bits per heavy atom.